The Labute approximate surface area is 99.3 Å². The van der Waals surface area contributed by atoms with Crippen molar-refractivity contribution in [1.29, 1.82) is 0 Å². The van der Waals surface area contributed by atoms with Gasteiger partial charge in [-0.2, -0.15) is 11.8 Å². The number of thioether (sulfide) groups is 1. The van der Waals surface area contributed by atoms with Gasteiger partial charge < -0.3 is 5.32 Å². The van der Waals surface area contributed by atoms with Crippen LogP contribution in [0.2, 0.25) is 0 Å². The van der Waals surface area contributed by atoms with Crippen LogP contribution in [0.3, 0.4) is 0 Å². The van der Waals surface area contributed by atoms with Crippen LogP contribution in [0.1, 0.15) is 25.5 Å². The average Bonchev–Trinajstić information content (AvgIpc) is 2.33. The van der Waals surface area contributed by atoms with Crippen LogP contribution in [0, 0.1) is 5.82 Å². The first-order valence-corrected chi connectivity index (χ1v) is 6.80. The number of aromatic nitrogens is 2. The molecule has 0 saturated carbocycles. The van der Waals surface area contributed by atoms with E-state index in [1.54, 1.807) is 0 Å². The molecule has 0 bridgehead atoms. The molecule has 0 spiro atoms. The van der Waals surface area contributed by atoms with E-state index in [1.165, 1.54) is 6.33 Å². The Bertz CT molecular complexity index is 353. The summed E-state index contributed by atoms with van der Waals surface area (Å²) < 4.78 is 13.8. The highest BCUT2D eigenvalue weighted by Crippen LogP contribution is 2.21. The number of hydrogen-bond donors (Lipinski definition) is 1. The van der Waals surface area contributed by atoms with Crippen molar-refractivity contribution in [2.24, 2.45) is 0 Å². The zero-order valence-corrected chi connectivity index (χ0v) is 10.2. The highest BCUT2D eigenvalue weighted by molar-refractivity contribution is 7.99. The molecule has 1 aliphatic rings. The zero-order chi connectivity index (χ0) is 11.4. The van der Waals surface area contributed by atoms with Crippen molar-refractivity contribution in [2.45, 2.75) is 32.2 Å². The van der Waals surface area contributed by atoms with Crippen LogP contribution >= 0.6 is 11.8 Å². The van der Waals surface area contributed by atoms with Gasteiger partial charge in [0.1, 0.15) is 6.33 Å². The standard InChI is InChI=1S/C11H16FN3S/c1-2-9-10(12)11(14-7-13-9)15-8-3-5-16-6-4-8/h7-8H,2-6H2,1H3,(H,13,14,15). The van der Waals surface area contributed by atoms with Crippen molar-refractivity contribution in [3.8, 4) is 0 Å². The predicted molar refractivity (Wildman–Crippen MR) is 65.3 cm³/mol. The van der Waals surface area contributed by atoms with Crippen molar-refractivity contribution in [2.75, 3.05) is 16.8 Å². The molecule has 88 valence electrons. The summed E-state index contributed by atoms with van der Waals surface area (Å²) in [5, 5.41) is 3.18. The molecule has 2 rings (SSSR count). The minimum atomic E-state index is -0.289. The lowest BCUT2D eigenvalue weighted by Crippen LogP contribution is -2.25. The Morgan fingerprint density at radius 2 is 2.19 bits per heavy atom. The number of aryl methyl sites for hydroxylation is 1. The van der Waals surface area contributed by atoms with Crippen molar-refractivity contribution < 1.29 is 4.39 Å². The van der Waals surface area contributed by atoms with E-state index in [9.17, 15) is 4.39 Å². The van der Waals surface area contributed by atoms with E-state index in [4.69, 9.17) is 0 Å². The van der Waals surface area contributed by atoms with Gasteiger partial charge in [-0.05, 0) is 30.8 Å². The first-order valence-electron chi connectivity index (χ1n) is 5.65. The maximum atomic E-state index is 13.8. The summed E-state index contributed by atoms with van der Waals surface area (Å²) in [4.78, 5) is 7.90. The molecule has 1 aromatic heterocycles. The fourth-order valence-corrected chi connectivity index (χ4v) is 2.90. The van der Waals surface area contributed by atoms with Gasteiger partial charge in [0.25, 0.3) is 0 Å². The Kier molecular flexibility index (Phi) is 3.98. The van der Waals surface area contributed by atoms with Crippen LogP contribution in [-0.4, -0.2) is 27.5 Å². The molecule has 1 fully saturated rings. The fraction of sp³-hybridized carbons (Fsp3) is 0.636. The lowest BCUT2D eigenvalue weighted by Gasteiger charge is -2.23. The monoisotopic (exact) mass is 241 g/mol. The topological polar surface area (TPSA) is 37.8 Å². The third-order valence-electron chi connectivity index (χ3n) is 2.76. The lowest BCUT2D eigenvalue weighted by atomic mass is 10.1. The van der Waals surface area contributed by atoms with Crippen LogP contribution < -0.4 is 5.32 Å². The van der Waals surface area contributed by atoms with E-state index in [1.807, 2.05) is 18.7 Å². The third-order valence-corrected chi connectivity index (χ3v) is 3.81. The molecule has 0 unspecified atom stereocenters. The summed E-state index contributed by atoms with van der Waals surface area (Å²) in [6.07, 6.45) is 4.19. The smallest absolute Gasteiger partial charge is 0.186 e. The normalized spacial score (nSPS) is 17.4. The number of anilines is 1. The molecule has 0 amide bonds. The predicted octanol–water partition coefficient (Wildman–Crippen LogP) is 2.49. The zero-order valence-electron chi connectivity index (χ0n) is 9.37. The molecule has 1 saturated heterocycles. The highest BCUT2D eigenvalue weighted by Gasteiger charge is 2.17. The van der Waals surface area contributed by atoms with Crippen molar-refractivity contribution >= 4 is 17.6 Å². The van der Waals surface area contributed by atoms with Gasteiger partial charge in [0.2, 0.25) is 0 Å². The minimum absolute atomic E-state index is 0.289. The van der Waals surface area contributed by atoms with Crippen molar-refractivity contribution in [3.63, 3.8) is 0 Å². The number of nitrogens with one attached hydrogen (secondary N) is 1. The van der Waals surface area contributed by atoms with Gasteiger partial charge in [-0.1, -0.05) is 6.92 Å². The highest BCUT2D eigenvalue weighted by atomic mass is 32.2. The lowest BCUT2D eigenvalue weighted by molar-refractivity contribution is 0.585. The maximum Gasteiger partial charge on any atom is 0.186 e. The molecule has 0 aromatic carbocycles. The fourth-order valence-electron chi connectivity index (χ4n) is 1.79. The van der Waals surface area contributed by atoms with Crippen molar-refractivity contribution in [1.82, 2.24) is 9.97 Å². The Morgan fingerprint density at radius 3 is 2.88 bits per heavy atom. The second-order valence-electron chi connectivity index (χ2n) is 3.87. The molecule has 1 N–H and O–H groups in total. The van der Waals surface area contributed by atoms with E-state index in [0.717, 1.165) is 24.3 Å². The van der Waals surface area contributed by atoms with Gasteiger partial charge >= 0.3 is 0 Å². The van der Waals surface area contributed by atoms with Crippen LogP contribution in [0.4, 0.5) is 10.2 Å². The van der Waals surface area contributed by atoms with Crippen LogP contribution in [0.5, 0.6) is 0 Å². The van der Waals surface area contributed by atoms with Gasteiger partial charge in [-0.15, -0.1) is 0 Å². The van der Waals surface area contributed by atoms with Crippen LogP contribution in [0.15, 0.2) is 6.33 Å². The number of halogens is 1. The molecule has 0 radical (unpaired) electrons. The number of nitrogens with zero attached hydrogens (tertiary/aromatic N) is 2. The summed E-state index contributed by atoms with van der Waals surface area (Å²) in [6, 6.07) is 0.357. The molecular weight excluding hydrogens is 225 g/mol. The van der Waals surface area contributed by atoms with Gasteiger partial charge in [0.05, 0.1) is 5.69 Å². The Hall–Kier alpha value is -0.840. The maximum absolute atomic E-state index is 13.8. The first-order chi connectivity index (χ1) is 7.81. The van der Waals surface area contributed by atoms with Crippen LogP contribution in [-0.2, 0) is 6.42 Å². The molecule has 3 nitrogen and oxygen atoms in total. The van der Waals surface area contributed by atoms with Gasteiger partial charge in [-0.3, -0.25) is 0 Å². The van der Waals surface area contributed by atoms with E-state index in [-0.39, 0.29) is 5.82 Å². The van der Waals surface area contributed by atoms with E-state index < -0.39 is 0 Å². The van der Waals surface area contributed by atoms with Gasteiger partial charge in [-0.25, -0.2) is 14.4 Å². The van der Waals surface area contributed by atoms with E-state index in [2.05, 4.69) is 15.3 Å². The summed E-state index contributed by atoms with van der Waals surface area (Å²) >= 11 is 1.95. The largest absolute Gasteiger partial charge is 0.365 e. The summed E-state index contributed by atoms with van der Waals surface area (Å²) in [6.45, 7) is 1.90. The molecule has 1 aliphatic heterocycles. The van der Waals surface area contributed by atoms with Crippen molar-refractivity contribution in [3.05, 3.63) is 17.8 Å². The van der Waals surface area contributed by atoms with E-state index >= 15 is 0 Å². The summed E-state index contributed by atoms with van der Waals surface area (Å²) in [5.74, 6) is 2.36. The molecule has 2 heterocycles. The summed E-state index contributed by atoms with van der Waals surface area (Å²) in [5.41, 5.74) is 0.489. The molecule has 1 aromatic rings. The molecular formula is C11H16FN3S. The Morgan fingerprint density at radius 1 is 1.44 bits per heavy atom. The van der Waals surface area contributed by atoms with Crippen LogP contribution in [0.25, 0.3) is 0 Å². The van der Waals surface area contributed by atoms with Gasteiger partial charge in [0.15, 0.2) is 11.6 Å². The molecule has 0 aliphatic carbocycles. The second-order valence-corrected chi connectivity index (χ2v) is 5.09. The average molecular weight is 241 g/mol. The summed E-state index contributed by atoms with van der Waals surface area (Å²) in [7, 11) is 0. The molecule has 16 heavy (non-hydrogen) atoms. The second kappa shape index (κ2) is 5.48. The Balaban J connectivity index is 2.08. The number of rotatable bonds is 3. The SMILES string of the molecule is CCc1ncnc(NC2CCSCC2)c1F. The molecule has 5 heteroatoms. The molecule has 0 atom stereocenters. The quantitative estimate of drug-likeness (QED) is 0.882. The minimum Gasteiger partial charge on any atom is -0.365 e. The van der Waals surface area contributed by atoms with E-state index in [0.29, 0.717) is 24.0 Å². The van der Waals surface area contributed by atoms with Gasteiger partial charge in [0, 0.05) is 6.04 Å². The third kappa shape index (κ3) is 2.64. The number of hydrogen-bond acceptors (Lipinski definition) is 4. The first kappa shape index (κ1) is 11.6.